The molecule has 0 saturated carbocycles. The van der Waals surface area contributed by atoms with Crippen molar-refractivity contribution in [2.24, 2.45) is 0 Å². The molecule has 2 heterocycles. The number of hydrogen-bond acceptors (Lipinski definition) is 5. The fourth-order valence-electron chi connectivity index (χ4n) is 2.84. The van der Waals surface area contributed by atoms with Crippen molar-refractivity contribution in [3.05, 3.63) is 58.1 Å². The zero-order valence-corrected chi connectivity index (χ0v) is 14.5. The van der Waals surface area contributed by atoms with Crippen molar-refractivity contribution in [3.8, 4) is 17.1 Å². The van der Waals surface area contributed by atoms with E-state index in [2.05, 4.69) is 34.5 Å². The second-order valence-electron chi connectivity index (χ2n) is 5.86. The van der Waals surface area contributed by atoms with E-state index in [4.69, 9.17) is 21.1 Å². The first-order chi connectivity index (χ1) is 12.2. The van der Waals surface area contributed by atoms with E-state index >= 15 is 0 Å². The smallest absolute Gasteiger partial charge is 0.204 e. The molecule has 0 aliphatic carbocycles. The van der Waals surface area contributed by atoms with Crippen molar-refractivity contribution < 1.29 is 9.47 Å². The van der Waals surface area contributed by atoms with Gasteiger partial charge < -0.3 is 9.47 Å². The Morgan fingerprint density at radius 3 is 2.84 bits per heavy atom. The number of rotatable bonds is 4. The van der Waals surface area contributed by atoms with E-state index in [1.54, 1.807) is 4.80 Å². The molecule has 1 aliphatic heterocycles. The lowest BCUT2D eigenvalue weighted by molar-refractivity contribution is -0.0171. The second kappa shape index (κ2) is 6.82. The summed E-state index contributed by atoms with van der Waals surface area (Å²) in [6.45, 7) is 3.29. The van der Waals surface area contributed by atoms with Gasteiger partial charge in [-0.1, -0.05) is 42.8 Å². The van der Waals surface area contributed by atoms with Gasteiger partial charge in [0.05, 0.1) is 13.2 Å². The summed E-state index contributed by atoms with van der Waals surface area (Å²) in [5.74, 6) is 1.39. The molecule has 6 nitrogen and oxygen atoms in total. The van der Waals surface area contributed by atoms with Gasteiger partial charge in [-0.3, -0.25) is 0 Å². The van der Waals surface area contributed by atoms with Crippen LogP contribution in [0.25, 0.3) is 11.4 Å². The lowest BCUT2D eigenvalue weighted by Crippen LogP contribution is -2.15. The third kappa shape index (κ3) is 3.36. The Kier molecular flexibility index (Phi) is 4.38. The van der Waals surface area contributed by atoms with Crippen LogP contribution in [0.1, 0.15) is 23.6 Å². The summed E-state index contributed by atoms with van der Waals surface area (Å²) in [5, 5.41) is 13.4. The van der Waals surface area contributed by atoms with Crippen molar-refractivity contribution in [2.45, 2.75) is 26.5 Å². The lowest BCUT2D eigenvalue weighted by Gasteiger charge is -2.20. The average molecular weight is 357 g/mol. The average Bonchev–Trinajstić information content (AvgIpc) is 3.10. The topological polar surface area (TPSA) is 62.1 Å². The van der Waals surface area contributed by atoms with E-state index in [9.17, 15) is 0 Å². The highest BCUT2D eigenvalue weighted by atomic mass is 35.5. The van der Waals surface area contributed by atoms with Gasteiger partial charge in [-0.2, -0.15) is 4.80 Å². The first-order valence-electron chi connectivity index (χ1n) is 8.12. The molecule has 0 radical (unpaired) electrons. The molecule has 0 spiro atoms. The number of benzene rings is 2. The maximum absolute atomic E-state index is 6.20. The quantitative estimate of drug-likeness (QED) is 0.716. The zero-order valence-electron chi connectivity index (χ0n) is 13.8. The fraction of sp³-hybridized carbons (Fsp3) is 0.278. The Morgan fingerprint density at radius 2 is 2.04 bits per heavy atom. The predicted molar refractivity (Wildman–Crippen MR) is 93.5 cm³/mol. The number of hydrogen-bond donors (Lipinski definition) is 0. The summed E-state index contributed by atoms with van der Waals surface area (Å²) in [7, 11) is 0. The van der Waals surface area contributed by atoms with Gasteiger partial charge in [-0.15, -0.1) is 10.2 Å². The first kappa shape index (κ1) is 16.1. The molecule has 25 heavy (non-hydrogen) atoms. The molecule has 1 aliphatic rings. The van der Waals surface area contributed by atoms with Crippen LogP contribution in [0, 0.1) is 0 Å². The van der Waals surface area contributed by atoms with Gasteiger partial charge in [0.15, 0.2) is 6.79 Å². The highest BCUT2D eigenvalue weighted by Gasteiger charge is 2.17. The van der Waals surface area contributed by atoms with E-state index in [1.807, 2.05) is 24.3 Å². The Labute approximate surface area is 150 Å². The second-order valence-corrected chi connectivity index (χ2v) is 6.29. The molecule has 0 fully saturated rings. The van der Waals surface area contributed by atoms with E-state index < -0.39 is 0 Å². The molecule has 7 heteroatoms. The van der Waals surface area contributed by atoms with Crippen LogP contribution in [-0.2, 0) is 24.3 Å². The van der Waals surface area contributed by atoms with Crippen LogP contribution in [0.15, 0.2) is 36.4 Å². The SMILES string of the molecule is CCc1ccc(-c2nnn(Cc3cc(Cl)cc4c3OCOC4)n2)cc1. The molecule has 2 aromatic carbocycles. The third-order valence-corrected chi connectivity index (χ3v) is 4.35. The number of tetrazole rings is 1. The molecule has 0 bridgehead atoms. The molecule has 0 N–H and O–H groups in total. The summed E-state index contributed by atoms with van der Waals surface area (Å²) in [6, 6.07) is 11.9. The number of nitrogens with zero attached hydrogens (tertiary/aromatic N) is 4. The Bertz CT molecular complexity index is 893. The van der Waals surface area contributed by atoms with E-state index in [-0.39, 0.29) is 6.79 Å². The van der Waals surface area contributed by atoms with Crippen LogP contribution in [0.2, 0.25) is 5.02 Å². The molecule has 1 aromatic heterocycles. The van der Waals surface area contributed by atoms with Crippen molar-refractivity contribution >= 4 is 11.6 Å². The van der Waals surface area contributed by atoms with Crippen molar-refractivity contribution in [1.29, 1.82) is 0 Å². The molecular weight excluding hydrogens is 340 g/mol. The molecule has 0 saturated heterocycles. The lowest BCUT2D eigenvalue weighted by atomic mass is 10.1. The Balaban J connectivity index is 1.60. The Morgan fingerprint density at radius 1 is 1.20 bits per heavy atom. The highest BCUT2D eigenvalue weighted by Crippen LogP contribution is 2.32. The van der Waals surface area contributed by atoms with Crippen LogP contribution in [0.3, 0.4) is 0 Å². The number of aromatic nitrogens is 4. The normalized spacial score (nSPS) is 13.4. The maximum Gasteiger partial charge on any atom is 0.204 e. The van der Waals surface area contributed by atoms with Gasteiger partial charge >= 0.3 is 0 Å². The van der Waals surface area contributed by atoms with Gasteiger partial charge in [0.2, 0.25) is 5.82 Å². The van der Waals surface area contributed by atoms with Crippen molar-refractivity contribution in [1.82, 2.24) is 20.2 Å². The first-order valence-corrected chi connectivity index (χ1v) is 8.49. The molecule has 128 valence electrons. The van der Waals surface area contributed by atoms with Crippen molar-refractivity contribution in [2.75, 3.05) is 6.79 Å². The van der Waals surface area contributed by atoms with Crippen LogP contribution in [0.5, 0.6) is 5.75 Å². The molecule has 4 rings (SSSR count). The van der Waals surface area contributed by atoms with Gasteiger partial charge in [0.25, 0.3) is 0 Å². The van der Waals surface area contributed by atoms with Crippen LogP contribution >= 0.6 is 11.6 Å². The van der Waals surface area contributed by atoms with Gasteiger partial charge in [0, 0.05) is 21.7 Å². The number of fused-ring (bicyclic) bond motifs is 1. The highest BCUT2D eigenvalue weighted by molar-refractivity contribution is 6.30. The van der Waals surface area contributed by atoms with Crippen LogP contribution in [-0.4, -0.2) is 27.0 Å². The standard InChI is InChI=1S/C18H17ClN4O2/c1-2-12-3-5-13(6-4-12)18-20-22-23(21-18)9-14-7-16(19)8-15-10-24-11-25-17(14)15/h3-8H,2,9-11H2,1H3. The minimum atomic E-state index is 0.238. The van der Waals surface area contributed by atoms with E-state index in [1.165, 1.54) is 5.56 Å². The van der Waals surface area contributed by atoms with Gasteiger partial charge in [-0.25, -0.2) is 0 Å². The van der Waals surface area contributed by atoms with Crippen molar-refractivity contribution in [3.63, 3.8) is 0 Å². The largest absolute Gasteiger partial charge is 0.467 e. The molecule has 3 aromatic rings. The minimum Gasteiger partial charge on any atom is -0.467 e. The predicted octanol–water partition coefficient (Wildman–Crippen LogP) is 3.47. The van der Waals surface area contributed by atoms with E-state index in [0.29, 0.717) is 24.0 Å². The minimum absolute atomic E-state index is 0.238. The third-order valence-electron chi connectivity index (χ3n) is 4.14. The van der Waals surface area contributed by atoms with Gasteiger partial charge in [-0.05, 0) is 29.3 Å². The molecular formula is C18H17ClN4O2. The monoisotopic (exact) mass is 356 g/mol. The summed E-state index contributed by atoms with van der Waals surface area (Å²) in [6.07, 6.45) is 1.00. The maximum atomic E-state index is 6.20. The number of halogens is 1. The van der Waals surface area contributed by atoms with Gasteiger partial charge in [0.1, 0.15) is 5.75 Å². The summed E-state index contributed by atoms with van der Waals surface area (Å²) in [5.41, 5.74) is 4.07. The summed E-state index contributed by atoms with van der Waals surface area (Å²) in [4.78, 5) is 1.55. The Hall–Kier alpha value is -2.44. The fourth-order valence-corrected chi connectivity index (χ4v) is 3.11. The van der Waals surface area contributed by atoms with Crippen LogP contribution in [0.4, 0.5) is 0 Å². The molecule has 0 unspecified atom stereocenters. The molecule has 0 atom stereocenters. The molecule has 0 amide bonds. The van der Waals surface area contributed by atoms with E-state index in [0.717, 1.165) is 28.9 Å². The zero-order chi connectivity index (χ0) is 17.2. The summed E-state index contributed by atoms with van der Waals surface area (Å²) < 4.78 is 10.9. The number of ether oxygens (including phenoxy) is 2. The number of aryl methyl sites for hydroxylation is 1. The van der Waals surface area contributed by atoms with Crippen LogP contribution < -0.4 is 4.74 Å². The summed E-state index contributed by atoms with van der Waals surface area (Å²) >= 11 is 6.20.